The van der Waals surface area contributed by atoms with E-state index in [4.69, 9.17) is 9.05 Å². The van der Waals surface area contributed by atoms with Gasteiger partial charge in [-0.25, -0.2) is 4.57 Å². The molecule has 0 aromatic carbocycles. The molecule has 1 amide bonds. The number of phosphoric acid groups is 1. The summed E-state index contributed by atoms with van der Waals surface area (Å²) in [4.78, 5) is 23.2. The van der Waals surface area contributed by atoms with E-state index in [0.717, 1.165) is 38.5 Å². The van der Waals surface area contributed by atoms with Gasteiger partial charge in [0.25, 0.3) is 0 Å². The second-order valence-corrected chi connectivity index (χ2v) is 21.4. The molecule has 0 radical (unpaired) electrons. The zero-order valence-corrected chi connectivity index (χ0v) is 42.6. The summed E-state index contributed by atoms with van der Waals surface area (Å²) >= 11 is 0. The van der Waals surface area contributed by atoms with Gasteiger partial charge in [0.2, 0.25) is 5.91 Å². The zero-order chi connectivity index (χ0) is 45.0. The van der Waals surface area contributed by atoms with Gasteiger partial charge in [-0.3, -0.25) is 13.8 Å². The lowest BCUT2D eigenvalue weighted by atomic mass is 10.0. The summed E-state index contributed by atoms with van der Waals surface area (Å²) in [5, 5.41) is 14.0. The van der Waals surface area contributed by atoms with Crippen LogP contribution in [0.2, 0.25) is 0 Å². The van der Waals surface area contributed by atoms with Crippen molar-refractivity contribution in [3.05, 3.63) is 0 Å². The number of amides is 1. The number of aliphatic hydroxyl groups excluding tert-OH is 1. The number of rotatable bonds is 50. The number of quaternary nitrogens is 1. The molecule has 3 atom stereocenters. The lowest BCUT2D eigenvalue weighted by Crippen LogP contribution is -2.46. The Kier molecular flexibility index (Phi) is 44.3. The first-order chi connectivity index (χ1) is 29.5. The second kappa shape index (κ2) is 44.7. The van der Waals surface area contributed by atoms with Crippen molar-refractivity contribution in [2.45, 2.75) is 289 Å². The van der Waals surface area contributed by atoms with Gasteiger partial charge in [-0.2, -0.15) is 0 Å². The number of likely N-dealkylation sites (N-methyl/N-ethyl adjacent to an activating group) is 1. The van der Waals surface area contributed by atoms with Gasteiger partial charge in [0.1, 0.15) is 13.2 Å². The SMILES string of the molecule is CCCCCCCCCCCCCCCCCCCCCCCCCCCCCCC(O)C(COP(=O)(O)OCC[N+](C)(C)C)NC(=O)CCCCCCCCCCCCC. The molecule has 8 nitrogen and oxygen atoms in total. The largest absolute Gasteiger partial charge is 0.472 e. The molecule has 0 aromatic heterocycles. The highest BCUT2D eigenvalue weighted by molar-refractivity contribution is 7.47. The van der Waals surface area contributed by atoms with Crippen molar-refractivity contribution in [3.63, 3.8) is 0 Å². The number of hydrogen-bond acceptors (Lipinski definition) is 5. The molecular weight excluding hydrogens is 780 g/mol. The van der Waals surface area contributed by atoms with E-state index in [2.05, 4.69) is 19.2 Å². The molecule has 0 saturated heterocycles. The van der Waals surface area contributed by atoms with Crippen LogP contribution in [-0.2, 0) is 18.4 Å². The molecule has 0 heterocycles. The maximum Gasteiger partial charge on any atom is 0.472 e. The van der Waals surface area contributed by atoms with E-state index in [1.54, 1.807) is 0 Å². The van der Waals surface area contributed by atoms with Gasteiger partial charge in [0.05, 0.1) is 39.9 Å². The highest BCUT2D eigenvalue weighted by atomic mass is 31.2. The van der Waals surface area contributed by atoms with E-state index >= 15 is 0 Å². The zero-order valence-electron chi connectivity index (χ0n) is 41.7. The van der Waals surface area contributed by atoms with Crippen molar-refractivity contribution in [2.75, 3.05) is 40.9 Å². The average molecular weight is 888 g/mol. The fourth-order valence-corrected chi connectivity index (χ4v) is 9.08. The van der Waals surface area contributed by atoms with Gasteiger partial charge in [0.15, 0.2) is 0 Å². The molecular formula is C52H108N2O6P+. The molecule has 366 valence electrons. The maximum atomic E-state index is 12.9. The lowest BCUT2D eigenvalue weighted by Gasteiger charge is -2.26. The van der Waals surface area contributed by atoms with Crippen LogP contribution in [0.1, 0.15) is 277 Å². The molecule has 0 aliphatic carbocycles. The van der Waals surface area contributed by atoms with Crippen LogP contribution in [0.25, 0.3) is 0 Å². The van der Waals surface area contributed by atoms with Crippen LogP contribution < -0.4 is 5.32 Å². The normalized spacial score (nSPS) is 14.0. The van der Waals surface area contributed by atoms with E-state index in [-0.39, 0.29) is 19.1 Å². The Morgan fingerprint density at radius 2 is 0.787 bits per heavy atom. The van der Waals surface area contributed by atoms with E-state index in [9.17, 15) is 19.4 Å². The second-order valence-electron chi connectivity index (χ2n) is 20.0. The predicted molar refractivity (Wildman–Crippen MR) is 263 cm³/mol. The third-order valence-electron chi connectivity index (χ3n) is 12.6. The third kappa shape index (κ3) is 47.3. The number of aliphatic hydroxyl groups is 1. The number of phosphoric ester groups is 1. The standard InChI is InChI=1S/C52H107N2O6P/c1-6-8-10-12-14-16-18-19-20-21-22-23-24-25-26-27-28-29-30-31-32-33-34-36-37-39-41-43-45-51(55)50(49-60-61(57,58)59-48-47-54(3,4)5)53-52(56)46-44-42-40-38-35-17-15-13-11-9-7-2/h50-51,55H,6-49H2,1-5H3,(H-,53,56,57,58)/p+1. The number of nitrogens with one attached hydrogen (secondary N) is 1. The van der Waals surface area contributed by atoms with Crippen LogP contribution in [0.5, 0.6) is 0 Å². The first-order valence-corrected chi connectivity index (χ1v) is 28.4. The van der Waals surface area contributed by atoms with Gasteiger partial charge >= 0.3 is 7.82 Å². The Balaban J connectivity index is 4.02. The summed E-state index contributed by atoms with van der Waals surface area (Å²) in [5.41, 5.74) is 0. The van der Waals surface area contributed by atoms with E-state index < -0.39 is 20.0 Å². The van der Waals surface area contributed by atoms with Gasteiger partial charge in [-0.15, -0.1) is 0 Å². The Labute approximate surface area is 380 Å². The fourth-order valence-electron chi connectivity index (χ4n) is 8.34. The Hall–Kier alpha value is -0.500. The summed E-state index contributed by atoms with van der Waals surface area (Å²) in [6, 6.07) is -0.753. The molecule has 0 aromatic rings. The van der Waals surface area contributed by atoms with Gasteiger partial charge in [-0.05, 0) is 12.8 Å². The molecule has 3 unspecified atom stereocenters. The van der Waals surface area contributed by atoms with Crippen molar-refractivity contribution in [1.29, 1.82) is 0 Å². The quantitative estimate of drug-likeness (QED) is 0.0319. The molecule has 0 aliphatic rings. The molecule has 0 saturated carbocycles. The van der Waals surface area contributed by atoms with Crippen LogP contribution >= 0.6 is 7.82 Å². The van der Waals surface area contributed by atoms with Crippen LogP contribution in [0.3, 0.4) is 0 Å². The van der Waals surface area contributed by atoms with Crippen LogP contribution in [-0.4, -0.2) is 73.4 Å². The topological polar surface area (TPSA) is 105 Å². The average Bonchev–Trinajstić information content (AvgIpc) is 3.21. The Morgan fingerprint density at radius 1 is 0.492 bits per heavy atom. The number of carbonyl (C=O) groups is 1. The van der Waals surface area contributed by atoms with Crippen LogP contribution in [0.4, 0.5) is 0 Å². The number of unbranched alkanes of at least 4 members (excludes halogenated alkanes) is 37. The van der Waals surface area contributed by atoms with E-state index in [1.807, 2.05) is 21.1 Å². The van der Waals surface area contributed by atoms with Crippen LogP contribution in [0.15, 0.2) is 0 Å². The maximum absolute atomic E-state index is 12.9. The molecule has 0 bridgehead atoms. The molecule has 0 fully saturated rings. The van der Waals surface area contributed by atoms with Gasteiger partial charge in [0, 0.05) is 6.42 Å². The third-order valence-corrected chi connectivity index (χ3v) is 13.6. The predicted octanol–water partition coefficient (Wildman–Crippen LogP) is 15.7. The van der Waals surface area contributed by atoms with E-state index in [1.165, 1.54) is 212 Å². The highest BCUT2D eigenvalue weighted by Gasteiger charge is 2.28. The lowest BCUT2D eigenvalue weighted by molar-refractivity contribution is -0.870. The van der Waals surface area contributed by atoms with Crippen molar-refractivity contribution < 1.29 is 32.9 Å². The van der Waals surface area contributed by atoms with Gasteiger partial charge < -0.3 is 19.8 Å². The van der Waals surface area contributed by atoms with Crippen LogP contribution in [0, 0.1) is 0 Å². The van der Waals surface area contributed by atoms with Crippen molar-refractivity contribution in [2.24, 2.45) is 0 Å². The smallest absolute Gasteiger partial charge is 0.391 e. The Bertz CT molecular complexity index is 963. The van der Waals surface area contributed by atoms with Gasteiger partial charge in [-0.1, -0.05) is 258 Å². The number of hydrogen-bond donors (Lipinski definition) is 3. The summed E-state index contributed by atoms with van der Waals surface area (Å²) in [5.74, 6) is -0.141. The highest BCUT2D eigenvalue weighted by Crippen LogP contribution is 2.43. The Morgan fingerprint density at radius 3 is 1.10 bits per heavy atom. The fraction of sp³-hybridized carbons (Fsp3) is 0.981. The molecule has 3 N–H and O–H groups in total. The summed E-state index contributed by atoms with van der Waals surface area (Å²) < 4.78 is 23.7. The van der Waals surface area contributed by atoms with Crippen molar-refractivity contribution in [1.82, 2.24) is 5.32 Å². The van der Waals surface area contributed by atoms with E-state index in [0.29, 0.717) is 23.9 Å². The van der Waals surface area contributed by atoms with Crippen molar-refractivity contribution in [3.8, 4) is 0 Å². The minimum absolute atomic E-state index is 0.0787. The monoisotopic (exact) mass is 888 g/mol. The first kappa shape index (κ1) is 60.5. The summed E-state index contributed by atoms with van der Waals surface area (Å²) in [6.45, 7) is 4.91. The number of nitrogens with zero attached hydrogens (tertiary/aromatic N) is 1. The molecule has 9 heteroatoms. The van der Waals surface area contributed by atoms with Crippen molar-refractivity contribution >= 4 is 13.7 Å². The number of carbonyl (C=O) groups excluding carboxylic acids is 1. The minimum atomic E-state index is -4.31. The molecule has 61 heavy (non-hydrogen) atoms. The summed E-state index contributed by atoms with van der Waals surface area (Å²) in [6.07, 6.45) is 51.6. The summed E-state index contributed by atoms with van der Waals surface area (Å²) in [7, 11) is 1.63. The molecule has 0 spiro atoms. The molecule has 0 aliphatic heterocycles. The first-order valence-electron chi connectivity index (χ1n) is 26.9. The molecule has 0 rings (SSSR count). The minimum Gasteiger partial charge on any atom is -0.391 e.